The minimum atomic E-state index is -0.356. The fraction of sp³-hybridized carbons (Fsp3) is 0.583. The second kappa shape index (κ2) is 2.97. The van der Waals surface area contributed by atoms with E-state index in [-0.39, 0.29) is 5.91 Å². The highest BCUT2D eigenvalue weighted by Crippen LogP contribution is 2.59. The van der Waals surface area contributed by atoms with Gasteiger partial charge in [-0.2, -0.15) is 0 Å². The maximum Gasteiger partial charge on any atom is 0.241 e. The zero-order chi connectivity index (χ0) is 10.3. The molecule has 1 fully saturated rings. The van der Waals surface area contributed by atoms with Gasteiger partial charge in [-0.1, -0.05) is 26.0 Å². The van der Waals surface area contributed by atoms with Crippen LogP contribution in [0.4, 0.5) is 0 Å². The molecule has 0 aromatic rings. The molecule has 76 valence electrons. The summed E-state index contributed by atoms with van der Waals surface area (Å²) in [6.45, 7) is 4.63. The Morgan fingerprint density at radius 3 is 2.86 bits per heavy atom. The SMILES string of the molecule is CC1(C)C2CC=C(C=CC(N)=O)C1C2. The molecule has 0 heterocycles. The molecule has 2 atom stereocenters. The molecule has 0 radical (unpaired) electrons. The maximum absolute atomic E-state index is 10.6. The van der Waals surface area contributed by atoms with Gasteiger partial charge in [0.1, 0.15) is 0 Å². The van der Waals surface area contributed by atoms with E-state index in [4.69, 9.17) is 5.73 Å². The van der Waals surface area contributed by atoms with Crippen molar-refractivity contribution in [2.45, 2.75) is 26.7 Å². The van der Waals surface area contributed by atoms with E-state index in [0.29, 0.717) is 11.3 Å². The van der Waals surface area contributed by atoms with E-state index in [2.05, 4.69) is 19.9 Å². The molecular weight excluding hydrogens is 174 g/mol. The summed E-state index contributed by atoms with van der Waals surface area (Å²) in [5, 5.41) is 0. The molecule has 3 rings (SSSR count). The molecule has 14 heavy (non-hydrogen) atoms. The normalized spacial score (nSPS) is 33.7. The first kappa shape index (κ1) is 9.50. The van der Waals surface area contributed by atoms with Crippen LogP contribution in [0.2, 0.25) is 0 Å². The van der Waals surface area contributed by atoms with Gasteiger partial charge < -0.3 is 5.73 Å². The lowest BCUT2D eigenvalue weighted by Crippen LogP contribution is -2.47. The number of hydrogen-bond acceptors (Lipinski definition) is 1. The lowest BCUT2D eigenvalue weighted by molar-refractivity contribution is -0.113. The van der Waals surface area contributed by atoms with Crippen LogP contribution in [0.3, 0.4) is 0 Å². The highest BCUT2D eigenvalue weighted by Gasteiger charge is 2.50. The van der Waals surface area contributed by atoms with E-state index >= 15 is 0 Å². The zero-order valence-corrected chi connectivity index (χ0v) is 8.79. The van der Waals surface area contributed by atoms with E-state index in [9.17, 15) is 4.79 Å². The summed E-state index contributed by atoms with van der Waals surface area (Å²) < 4.78 is 0. The number of rotatable bonds is 2. The summed E-state index contributed by atoms with van der Waals surface area (Å²) in [6, 6.07) is 0. The quantitative estimate of drug-likeness (QED) is 0.667. The Balaban J connectivity index is 2.15. The first-order valence-electron chi connectivity index (χ1n) is 5.19. The molecule has 2 bridgehead atoms. The predicted octanol–water partition coefficient (Wildman–Crippen LogP) is 2.02. The number of primary amides is 1. The van der Waals surface area contributed by atoms with Gasteiger partial charge in [0.15, 0.2) is 0 Å². The van der Waals surface area contributed by atoms with Crippen LogP contribution >= 0.6 is 0 Å². The molecule has 0 aliphatic heterocycles. The van der Waals surface area contributed by atoms with Crippen molar-refractivity contribution in [3.63, 3.8) is 0 Å². The summed E-state index contributed by atoms with van der Waals surface area (Å²) >= 11 is 0. The van der Waals surface area contributed by atoms with Gasteiger partial charge in [-0.15, -0.1) is 0 Å². The molecule has 3 aliphatic rings. The molecule has 0 spiro atoms. The molecule has 2 heteroatoms. The molecule has 1 amide bonds. The summed E-state index contributed by atoms with van der Waals surface area (Å²) in [5.41, 5.74) is 6.81. The number of carbonyl (C=O) groups is 1. The largest absolute Gasteiger partial charge is 0.366 e. The third-order valence-electron chi connectivity index (χ3n) is 3.95. The van der Waals surface area contributed by atoms with Gasteiger partial charge in [-0.25, -0.2) is 0 Å². The lowest BCUT2D eigenvalue weighted by atomic mass is 9.49. The first-order chi connectivity index (χ1) is 6.51. The molecule has 3 aliphatic carbocycles. The van der Waals surface area contributed by atoms with Gasteiger partial charge in [0.05, 0.1) is 0 Å². The van der Waals surface area contributed by atoms with E-state index in [1.54, 1.807) is 0 Å². The standard InChI is InChI=1S/C12H17NO/c1-12(2)9-5-3-8(10(12)7-9)4-6-11(13)14/h3-4,6,9-10H,5,7H2,1-2H3,(H2,13,14). The number of fused-ring (bicyclic) bond motifs is 1. The highest BCUT2D eigenvalue weighted by atomic mass is 16.1. The van der Waals surface area contributed by atoms with Crippen molar-refractivity contribution in [2.75, 3.05) is 0 Å². The maximum atomic E-state index is 10.6. The lowest BCUT2D eigenvalue weighted by Gasteiger charge is -2.56. The topological polar surface area (TPSA) is 43.1 Å². The highest BCUT2D eigenvalue weighted by molar-refractivity contribution is 5.86. The van der Waals surface area contributed by atoms with Gasteiger partial charge in [0, 0.05) is 6.08 Å². The molecule has 2 unspecified atom stereocenters. The Labute approximate surface area is 84.9 Å². The number of amides is 1. The second-order valence-electron chi connectivity index (χ2n) is 4.98. The zero-order valence-electron chi connectivity index (χ0n) is 8.79. The molecular formula is C12H17NO. The van der Waals surface area contributed by atoms with Gasteiger partial charge in [0.2, 0.25) is 5.91 Å². The van der Waals surface area contributed by atoms with E-state index in [1.165, 1.54) is 18.1 Å². The van der Waals surface area contributed by atoms with Crippen molar-refractivity contribution in [3.05, 3.63) is 23.8 Å². The van der Waals surface area contributed by atoms with Crippen molar-refractivity contribution < 1.29 is 4.79 Å². The summed E-state index contributed by atoms with van der Waals surface area (Å²) in [5.74, 6) is 1.13. The molecule has 0 saturated heterocycles. The van der Waals surface area contributed by atoms with Gasteiger partial charge in [-0.3, -0.25) is 4.79 Å². The van der Waals surface area contributed by atoms with Crippen LogP contribution in [0.1, 0.15) is 26.7 Å². The first-order valence-corrected chi connectivity index (χ1v) is 5.19. The van der Waals surface area contributed by atoms with Gasteiger partial charge >= 0.3 is 0 Å². The van der Waals surface area contributed by atoms with Gasteiger partial charge in [0.25, 0.3) is 0 Å². The minimum Gasteiger partial charge on any atom is -0.366 e. The van der Waals surface area contributed by atoms with E-state index in [1.807, 2.05) is 6.08 Å². The smallest absolute Gasteiger partial charge is 0.241 e. The van der Waals surface area contributed by atoms with Crippen molar-refractivity contribution in [1.82, 2.24) is 0 Å². The predicted molar refractivity (Wildman–Crippen MR) is 56.4 cm³/mol. The third-order valence-corrected chi connectivity index (χ3v) is 3.95. The monoisotopic (exact) mass is 191 g/mol. The molecule has 0 aromatic heterocycles. The number of allylic oxidation sites excluding steroid dienone is 3. The van der Waals surface area contributed by atoms with Crippen molar-refractivity contribution >= 4 is 5.91 Å². The van der Waals surface area contributed by atoms with Crippen LogP contribution in [-0.4, -0.2) is 5.91 Å². The van der Waals surface area contributed by atoms with Crippen LogP contribution in [0.25, 0.3) is 0 Å². The van der Waals surface area contributed by atoms with Crippen LogP contribution in [0.5, 0.6) is 0 Å². The molecule has 2 nitrogen and oxygen atoms in total. The number of nitrogens with two attached hydrogens (primary N) is 1. The van der Waals surface area contributed by atoms with Crippen LogP contribution < -0.4 is 5.73 Å². The van der Waals surface area contributed by atoms with E-state index < -0.39 is 0 Å². The van der Waals surface area contributed by atoms with Crippen LogP contribution in [0, 0.1) is 17.3 Å². The Hall–Kier alpha value is -1.05. The Morgan fingerprint density at radius 2 is 2.36 bits per heavy atom. The average molecular weight is 191 g/mol. The minimum absolute atomic E-state index is 0.356. The van der Waals surface area contributed by atoms with Crippen molar-refractivity contribution in [1.29, 1.82) is 0 Å². The third kappa shape index (κ3) is 1.29. The Kier molecular flexibility index (Phi) is 2.02. The fourth-order valence-corrected chi connectivity index (χ4v) is 2.76. The summed E-state index contributed by atoms with van der Waals surface area (Å²) in [4.78, 5) is 10.6. The van der Waals surface area contributed by atoms with Crippen LogP contribution in [0.15, 0.2) is 23.8 Å². The Morgan fingerprint density at radius 1 is 1.64 bits per heavy atom. The van der Waals surface area contributed by atoms with Crippen molar-refractivity contribution in [3.8, 4) is 0 Å². The fourth-order valence-electron chi connectivity index (χ4n) is 2.76. The summed E-state index contributed by atoms with van der Waals surface area (Å²) in [7, 11) is 0. The van der Waals surface area contributed by atoms with Crippen molar-refractivity contribution in [2.24, 2.45) is 23.0 Å². The van der Waals surface area contributed by atoms with E-state index in [0.717, 1.165) is 12.3 Å². The number of hydrogen-bond donors (Lipinski definition) is 1. The molecule has 0 aromatic carbocycles. The summed E-state index contributed by atoms with van der Waals surface area (Å²) in [6.07, 6.45) is 8.05. The number of carbonyl (C=O) groups excluding carboxylic acids is 1. The Bertz CT molecular complexity index is 325. The average Bonchev–Trinajstić information content (AvgIpc) is 2.14. The van der Waals surface area contributed by atoms with Crippen LogP contribution in [-0.2, 0) is 4.79 Å². The van der Waals surface area contributed by atoms with Gasteiger partial charge in [-0.05, 0) is 35.7 Å². The molecule has 2 N–H and O–H groups in total. The molecule has 1 saturated carbocycles. The second-order valence-corrected chi connectivity index (χ2v) is 4.98.